The molecule has 0 fully saturated rings. The molecule has 0 spiro atoms. The van der Waals surface area contributed by atoms with Crippen LogP contribution >= 0.6 is 11.8 Å². The van der Waals surface area contributed by atoms with Gasteiger partial charge >= 0.3 is 11.5 Å². The Morgan fingerprint density at radius 2 is 2.16 bits per heavy atom. The van der Waals surface area contributed by atoms with Gasteiger partial charge in [-0.2, -0.15) is 10.1 Å². The predicted molar refractivity (Wildman–Crippen MR) is 73.5 cm³/mol. The molecule has 0 radical (unpaired) electrons. The number of aromatic nitrogens is 3. The second-order valence-corrected chi connectivity index (χ2v) is 5.15. The number of nitrogens with zero attached hydrogens (tertiary/aromatic N) is 3. The minimum atomic E-state index is -0.717. The van der Waals surface area contributed by atoms with Crippen LogP contribution in [0.4, 0.5) is 0 Å². The average molecular weight is 285 g/mol. The third-order valence-electron chi connectivity index (χ3n) is 2.41. The van der Waals surface area contributed by atoms with Crippen LogP contribution in [0.5, 0.6) is 0 Å². The van der Waals surface area contributed by atoms with Crippen molar-refractivity contribution < 1.29 is 9.53 Å². The number of aryl methyl sites for hydroxylation is 1. The molecule has 1 aromatic heterocycles. The number of hydrogen-bond donors (Lipinski definition) is 0. The fraction of sp³-hybridized carbons (Fsp3) is 0.667. The standard InChI is InChI=1S/C12H19N3O3S/c1-5-18-11(17)9-10(16)13-12(19-4)15(14-9)7-6-8(2)3/h8H,5-7H2,1-4H3. The Bertz CT molecular complexity index is 499. The van der Waals surface area contributed by atoms with E-state index in [9.17, 15) is 9.59 Å². The third kappa shape index (κ3) is 4.34. The Kier molecular flexibility index (Phi) is 6.01. The van der Waals surface area contributed by atoms with Crippen LogP contribution in [0.25, 0.3) is 0 Å². The summed E-state index contributed by atoms with van der Waals surface area (Å²) in [6, 6.07) is 0. The van der Waals surface area contributed by atoms with Crippen molar-refractivity contribution in [3.05, 3.63) is 16.0 Å². The van der Waals surface area contributed by atoms with Crippen molar-refractivity contribution >= 4 is 17.7 Å². The maximum Gasteiger partial charge on any atom is 0.364 e. The molecule has 0 bridgehead atoms. The molecular formula is C12H19N3O3S. The Morgan fingerprint density at radius 1 is 1.47 bits per heavy atom. The number of carbonyl (C=O) groups is 1. The summed E-state index contributed by atoms with van der Waals surface area (Å²) in [5.41, 5.74) is -0.882. The summed E-state index contributed by atoms with van der Waals surface area (Å²) >= 11 is 1.33. The molecule has 0 saturated heterocycles. The van der Waals surface area contributed by atoms with Gasteiger partial charge in [0.25, 0.3) is 0 Å². The number of rotatable bonds is 6. The van der Waals surface area contributed by atoms with Crippen molar-refractivity contribution in [1.29, 1.82) is 0 Å². The van der Waals surface area contributed by atoms with E-state index in [1.165, 1.54) is 11.8 Å². The lowest BCUT2D eigenvalue weighted by Crippen LogP contribution is -2.28. The number of ether oxygens (including phenoxy) is 1. The topological polar surface area (TPSA) is 74.1 Å². The molecule has 0 amide bonds. The summed E-state index contributed by atoms with van der Waals surface area (Å²) in [4.78, 5) is 27.2. The fourth-order valence-corrected chi connectivity index (χ4v) is 1.93. The Morgan fingerprint density at radius 3 is 2.68 bits per heavy atom. The van der Waals surface area contributed by atoms with E-state index in [-0.39, 0.29) is 12.3 Å². The van der Waals surface area contributed by atoms with Gasteiger partial charge in [-0.15, -0.1) is 0 Å². The van der Waals surface area contributed by atoms with Gasteiger partial charge in [0.2, 0.25) is 5.69 Å². The van der Waals surface area contributed by atoms with Gasteiger partial charge < -0.3 is 4.74 Å². The second kappa shape index (κ2) is 7.28. The minimum absolute atomic E-state index is 0.205. The highest BCUT2D eigenvalue weighted by Gasteiger charge is 2.18. The van der Waals surface area contributed by atoms with Gasteiger partial charge in [0.15, 0.2) is 5.16 Å². The molecule has 1 rings (SSSR count). The molecule has 0 aliphatic heterocycles. The quantitative estimate of drug-likeness (QED) is 0.583. The van der Waals surface area contributed by atoms with Crippen molar-refractivity contribution in [1.82, 2.24) is 14.8 Å². The molecule has 1 heterocycles. The van der Waals surface area contributed by atoms with Gasteiger partial charge in [0.1, 0.15) is 0 Å². The molecule has 7 heteroatoms. The van der Waals surface area contributed by atoms with E-state index in [2.05, 4.69) is 23.9 Å². The lowest BCUT2D eigenvalue weighted by molar-refractivity contribution is 0.0512. The SMILES string of the molecule is CCOC(=O)c1nn(CCC(C)C)c(SC)nc1=O. The van der Waals surface area contributed by atoms with E-state index in [4.69, 9.17) is 4.74 Å². The summed E-state index contributed by atoms with van der Waals surface area (Å²) < 4.78 is 6.40. The third-order valence-corrected chi connectivity index (χ3v) is 3.08. The first-order valence-electron chi connectivity index (χ1n) is 6.19. The van der Waals surface area contributed by atoms with E-state index in [1.54, 1.807) is 11.6 Å². The van der Waals surface area contributed by atoms with Crippen LogP contribution in [0.1, 0.15) is 37.7 Å². The summed E-state index contributed by atoms with van der Waals surface area (Å²) in [7, 11) is 0. The highest BCUT2D eigenvalue weighted by atomic mass is 32.2. The van der Waals surface area contributed by atoms with Gasteiger partial charge in [-0.1, -0.05) is 25.6 Å². The highest BCUT2D eigenvalue weighted by molar-refractivity contribution is 7.98. The molecule has 6 nitrogen and oxygen atoms in total. The Hall–Kier alpha value is -1.37. The summed E-state index contributed by atoms with van der Waals surface area (Å²) in [5.74, 6) is -0.215. The largest absolute Gasteiger partial charge is 0.461 e. The van der Waals surface area contributed by atoms with Crippen molar-refractivity contribution in [3.8, 4) is 0 Å². The van der Waals surface area contributed by atoms with Crippen LogP contribution in [0.15, 0.2) is 9.95 Å². The first-order valence-corrected chi connectivity index (χ1v) is 7.42. The summed E-state index contributed by atoms with van der Waals surface area (Å²) in [5, 5.41) is 4.59. The lowest BCUT2D eigenvalue weighted by atomic mass is 10.1. The molecular weight excluding hydrogens is 266 g/mol. The first kappa shape index (κ1) is 15.7. The zero-order valence-electron chi connectivity index (χ0n) is 11.7. The zero-order valence-corrected chi connectivity index (χ0v) is 12.5. The maximum atomic E-state index is 11.7. The van der Waals surface area contributed by atoms with Crippen molar-refractivity contribution in [2.45, 2.75) is 38.9 Å². The fourth-order valence-electron chi connectivity index (χ4n) is 1.41. The normalized spacial score (nSPS) is 10.8. The van der Waals surface area contributed by atoms with Crippen LogP contribution in [-0.4, -0.2) is 33.6 Å². The Labute approximate surface area is 116 Å². The van der Waals surface area contributed by atoms with Crippen LogP contribution in [0.2, 0.25) is 0 Å². The molecule has 19 heavy (non-hydrogen) atoms. The minimum Gasteiger partial charge on any atom is -0.461 e. The van der Waals surface area contributed by atoms with Gasteiger partial charge in [-0.05, 0) is 25.5 Å². The predicted octanol–water partition coefficient (Wildman–Crippen LogP) is 1.58. The second-order valence-electron chi connectivity index (χ2n) is 4.38. The van der Waals surface area contributed by atoms with Gasteiger partial charge in [-0.3, -0.25) is 4.79 Å². The van der Waals surface area contributed by atoms with Gasteiger partial charge in [-0.25, -0.2) is 9.48 Å². The van der Waals surface area contributed by atoms with Crippen molar-refractivity contribution in [3.63, 3.8) is 0 Å². The van der Waals surface area contributed by atoms with Gasteiger partial charge in [0, 0.05) is 6.54 Å². The van der Waals surface area contributed by atoms with Crippen LogP contribution < -0.4 is 5.56 Å². The first-order chi connectivity index (χ1) is 8.99. The molecule has 1 aromatic rings. The van der Waals surface area contributed by atoms with E-state index in [1.807, 2.05) is 6.26 Å². The smallest absolute Gasteiger partial charge is 0.364 e. The molecule has 0 saturated carbocycles. The number of carbonyl (C=O) groups excluding carboxylic acids is 1. The van der Waals surface area contributed by atoms with E-state index in [0.717, 1.165) is 6.42 Å². The number of esters is 1. The Balaban J connectivity index is 3.10. The molecule has 0 aliphatic rings. The molecule has 0 atom stereocenters. The number of thioether (sulfide) groups is 1. The monoisotopic (exact) mass is 285 g/mol. The molecule has 0 aliphatic carbocycles. The lowest BCUT2D eigenvalue weighted by Gasteiger charge is -2.11. The molecule has 0 N–H and O–H groups in total. The highest BCUT2D eigenvalue weighted by Crippen LogP contribution is 2.11. The number of hydrogen-bond acceptors (Lipinski definition) is 6. The molecule has 106 valence electrons. The van der Waals surface area contributed by atoms with E-state index >= 15 is 0 Å². The van der Waals surface area contributed by atoms with E-state index in [0.29, 0.717) is 17.6 Å². The molecule has 0 aromatic carbocycles. The van der Waals surface area contributed by atoms with Crippen molar-refractivity contribution in [2.24, 2.45) is 5.92 Å². The average Bonchev–Trinajstić information content (AvgIpc) is 2.36. The van der Waals surface area contributed by atoms with Crippen LogP contribution in [0.3, 0.4) is 0 Å². The zero-order chi connectivity index (χ0) is 14.4. The van der Waals surface area contributed by atoms with E-state index < -0.39 is 11.5 Å². The summed E-state index contributed by atoms with van der Waals surface area (Å²) in [6.45, 7) is 6.70. The van der Waals surface area contributed by atoms with Crippen LogP contribution in [-0.2, 0) is 11.3 Å². The summed E-state index contributed by atoms with van der Waals surface area (Å²) in [6.07, 6.45) is 2.72. The molecule has 0 unspecified atom stereocenters. The van der Waals surface area contributed by atoms with Gasteiger partial charge in [0.05, 0.1) is 6.61 Å². The van der Waals surface area contributed by atoms with Crippen molar-refractivity contribution in [2.75, 3.05) is 12.9 Å². The van der Waals surface area contributed by atoms with Crippen LogP contribution in [0, 0.1) is 5.92 Å². The maximum absolute atomic E-state index is 11.7.